The highest BCUT2D eigenvalue weighted by Gasteiger charge is 2.19. The Labute approximate surface area is 169 Å². The van der Waals surface area contributed by atoms with Crippen molar-refractivity contribution in [3.63, 3.8) is 0 Å². The van der Waals surface area contributed by atoms with Crippen LogP contribution in [0.25, 0.3) is 0 Å². The van der Waals surface area contributed by atoms with Gasteiger partial charge in [0.1, 0.15) is 5.75 Å². The van der Waals surface area contributed by atoms with E-state index in [1.54, 1.807) is 24.3 Å². The first-order valence-electron chi connectivity index (χ1n) is 10.0. The molecule has 1 N–H and O–H groups in total. The normalized spacial score (nSPS) is 16.4. The van der Waals surface area contributed by atoms with Crippen LogP contribution in [0.1, 0.15) is 39.0 Å². The Morgan fingerprint density at radius 3 is 2.43 bits per heavy atom. The first-order valence-corrected chi connectivity index (χ1v) is 11.9. The van der Waals surface area contributed by atoms with E-state index in [4.69, 9.17) is 4.74 Å². The van der Waals surface area contributed by atoms with Crippen molar-refractivity contribution >= 4 is 21.6 Å². The SMILES string of the molecule is CCC(Oc1ccc(N(C)S(C)(=O)=O)cc1)C(=O)NCCCN1CCCCC1. The summed E-state index contributed by atoms with van der Waals surface area (Å²) in [6.07, 6.45) is 5.97. The zero-order valence-electron chi connectivity index (χ0n) is 17.2. The van der Waals surface area contributed by atoms with E-state index in [1.807, 2.05) is 6.92 Å². The molecule has 1 atom stereocenters. The minimum Gasteiger partial charge on any atom is -0.481 e. The smallest absolute Gasteiger partial charge is 0.261 e. The number of nitrogens with zero attached hydrogens (tertiary/aromatic N) is 2. The summed E-state index contributed by atoms with van der Waals surface area (Å²) in [7, 11) is -1.81. The zero-order valence-corrected chi connectivity index (χ0v) is 18.0. The lowest BCUT2D eigenvalue weighted by Crippen LogP contribution is -2.39. The van der Waals surface area contributed by atoms with E-state index < -0.39 is 16.1 Å². The van der Waals surface area contributed by atoms with Crippen LogP contribution in [0.15, 0.2) is 24.3 Å². The van der Waals surface area contributed by atoms with Gasteiger partial charge in [-0.05, 0) is 69.6 Å². The van der Waals surface area contributed by atoms with Gasteiger partial charge in [0.15, 0.2) is 6.10 Å². The van der Waals surface area contributed by atoms with Gasteiger partial charge in [0.2, 0.25) is 10.0 Å². The van der Waals surface area contributed by atoms with Gasteiger partial charge in [0.25, 0.3) is 5.91 Å². The minimum atomic E-state index is -3.31. The Hall–Kier alpha value is -1.80. The fourth-order valence-corrected chi connectivity index (χ4v) is 3.73. The van der Waals surface area contributed by atoms with Gasteiger partial charge in [-0.2, -0.15) is 0 Å². The lowest BCUT2D eigenvalue weighted by molar-refractivity contribution is -0.128. The van der Waals surface area contributed by atoms with Crippen molar-refractivity contribution in [1.82, 2.24) is 10.2 Å². The predicted molar refractivity (Wildman–Crippen MR) is 112 cm³/mol. The predicted octanol–water partition coefficient (Wildman–Crippen LogP) is 2.23. The average molecular weight is 412 g/mol. The number of sulfonamides is 1. The molecule has 0 aromatic heterocycles. The number of benzene rings is 1. The van der Waals surface area contributed by atoms with Crippen LogP contribution in [0.3, 0.4) is 0 Å². The van der Waals surface area contributed by atoms with Crippen LogP contribution >= 0.6 is 0 Å². The van der Waals surface area contributed by atoms with Crippen LogP contribution in [0.5, 0.6) is 5.75 Å². The topological polar surface area (TPSA) is 78.9 Å². The monoisotopic (exact) mass is 411 g/mol. The van der Waals surface area contributed by atoms with Gasteiger partial charge in [0, 0.05) is 13.6 Å². The van der Waals surface area contributed by atoms with Gasteiger partial charge < -0.3 is 15.0 Å². The van der Waals surface area contributed by atoms with Crippen molar-refractivity contribution in [2.45, 2.75) is 45.1 Å². The number of anilines is 1. The average Bonchev–Trinajstić information content (AvgIpc) is 2.69. The second-order valence-corrected chi connectivity index (χ2v) is 9.30. The van der Waals surface area contributed by atoms with Crippen LogP contribution in [0.4, 0.5) is 5.69 Å². The van der Waals surface area contributed by atoms with Gasteiger partial charge in [-0.15, -0.1) is 0 Å². The largest absolute Gasteiger partial charge is 0.481 e. The first-order chi connectivity index (χ1) is 13.3. The highest BCUT2D eigenvalue weighted by atomic mass is 32.2. The Morgan fingerprint density at radius 1 is 1.21 bits per heavy atom. The number of carbonyl (C=O) groups excluding carboxylic acids is 1. The van der Waals surface area contributed by atoms with E-state index in [9.17, 15) is 13.2 Å². The highest BCUT2D eigenvalue weighted by molar-refractivity contribution is 7.92. The van der Waals surface area contributed by atoms with Gasteiger partial charge in [-0.3, -0.25) is 9.10 Å². The molecule has 1 amide bonds. The number of likely N-dealkylation sites (tertiary alicyclic amines) is 1. The van der Waals surface area contributed by atoms with Crippen molar-refractivity contribution in [1.29, 1.82) is 0 Å². The molecule has 0 aliphatic carbocycles. The molecule has 158 valence electrons. The minimum absolute atomic E-state index is 0.113. The third-order valence-electron chi connectivity index (χ3n) is 5.04. The zero-order chi connectivity index (χ0) is 20.6. The van der Waals surface area contributed by atoms with E-state index >= 15 is 0 Å². The van der Waals surface area contributed by atoms with E-state index in [0.29, 0.717) is 24.4 Å². The third-order valence-corrected chi connectivity index (χ3v) is 6.24. The molecule has 0 saturated carbocycles. The summed E-state index contributed by atoms with van der Waals surface area (Å²) < 4.78 is 30.2. The van der Waals surface area contributed by atoms with E-state index in [1.165, 1.54) is 43.7 Å². The molecular formula is C20H33N3O4S. The Morgan fingerprint density at radius 2 is 1.86 bits per heavy atom. The molecule has 1 aliphatic rings. The summed E-state index contributed by atoms with van der Waals surface area (Å²) in [4.78, 5) is 14.9. The first kappa shape index (κ1) is 22.5. The Kier molecular flexibility index (Phi) is 8.57. The Balaban J connectivity index is 1.79. The molecule has 1 saturated heterocycles. The summed E-state index contributed by atoms with van der Waals surface area (Å²) in [5.74, 6) is 0.430. The summed E-state index contributed by atoms with van der Waals surface area (Å²) in [6.45, 7) is 5.91. The van der Waals surface area contributed by atoms with Gasteiger partial charge >= 0.3 is 0 Å². The van der Waals surface area contributed by atoms with Crippen LogP contribution in [0, 0.1) is 0 Å². The highest BCUT2D eigenvalue weighted by Crippen LogP contribution is 2.21. The second-order valence-electron chi connectivity index (χ2n) is 7.29. The lowest BCUT2D eigenvalue weighted by atomic mass is 10.1. The molecular weight excluding hydrogens is 378 g/mol. The number of piperidine rings is 1. The fraction of sp³-hybridized carbons (Fsp3) is 0.650. The van der Waals surface area contributed by atoms with Crippen molar-refractivity contribution in [3.8, 4) is 5.75 Å². The molecule has 1 fully saturated rings. The maximum Gasteiger partial charge on any atom is 0.261 e. The molecule has 0 radical (unpaired) electrons. The molecule has 1 aromatic carbocycles. The second kappa shape index (κ2) is 10.7. The van der Waals surface area contributed by atoms with Gasteiger partial charge in [-0.25, -0.2) is 8.42 Å². The summed E-state index contributed by atoms with van der Waals surface area (Å²) in [5, 5.41) is 2.96. The number of hydrogen-bond donors (Lipinski definition) is 1. The molecule has 2 rings (SSSR count). The van der Waals surface area contributed by atoms with Crippen LogP contribution in [0.2, 0.25) is 0 Å². The number of nitrogens with one attached hydrogen (secondary N) is 1. The van der Waals surface area contributed by atoms with Gasteiger partial charge in [0.05, 0.1) is 11.9 Å². The molecule has 1 unspecified atom stereocenters. The van der Waals surface area contributed by atoms with Crippen molar-refractivity contribution in [2.75, 3.05) is 43.8 Å². The number of rotatable bonds is 10. The quantitative estimate of drug-likeness (QED) is 0.598. The van der Waals surface area contributed by atoms with Crippen LogP contribution in [-0.4, -0.2) is 64.8 Å². The summed E-state index contributed by atoms with van der Waals surface area (Å²) in [6, 6.07) is 6.70. The molecule has 8 heteroatoms. The molecule has 0 spiro atoms. The maximum atomic E-state index is 12.4. The van der Waals surface area contributed by atoms with Gasteiger partial charge in [-0.1, -0.05) is 13.3 Å². The van der Waals surface area contributed by atoms with E-state index in [2.05, 4.69) is 10.2 Å². The lowest BCUT2D eigenvalue weighted by Gasteiger charge is -2.26. The van der Waals surface area contributed by atoms with Crippen molar-refractivity contribution in [2.24, 2.45) is 0 Å². The Bertz CT molecular complexity index is 715. The molecule has 1 aromatic rings. The van der Waals surface area contributed by atoms with E-state index in [0.717, 1.165) is 19.2 Å². The number of amides is 1. The van der Waals surface area contributed by atoms with Crippen LogP contribution < -0.4 is 14.4 Å². The molecule has 1 aliphatic heterocycles. The third kappa shape index (κ3) is 6.98. The summed E-state index contributed by atoms with van der Waals surface area (Å²) in [5.41, 5.74) is 0.546. The fourth-order valence-electron chi connectivity index (χ4n) is 3.22. The van der Waals surface area contributed by atoms with Crippen LogP contribution in [-0.2, 0) is 14.8 Å². The number of carbonyl (C=O) groups is 1. The molecule has 1 heterocycles. The molecule has 28 heavy (non-hydrogen) atoms. The molecule has 7 nitrogen and oxygen atoms in total. The summed E-state index contributed by atoms with van der Waals surface area (Å²) >= 11 is 0. The standard InChI is InChI=1S/C20H33N3O4S/c1-4-19(20(24)21-13-8-16-23-14-6-5-7-15-23)27-18-11-9-17(10-12-18)22(2)28(3,25)26/h9-12,19H,4-8,13-16H2,1-3H3,(H,21,24). The number of ether oxygens (including phenoxy) is 1. The van der Waals surface area contributed by atoms with E-state index in [-0.39, 0.29) is 5.91 Å². The number of hydrogen-bond acceptors (Lipinski definition) is 5. The van der Waals surface area contributed by atoms with Crippen molar-refractivity contribution < 1.29 is 17.9 Å². The van der Waals surface area contributed by atoms with Crippen molar-refractivity contribution in [3.05, 3.63) is 24.3 Å². The molecule has 0 bridgehead atoms. The maximum absolute atomic E-state index is 12.4.